The van der Waals surface area contributed by atoms with Gasteiger partial charge in [-0.15, -0.1) is 0 Å². The zero-order valence-corrected chi connectivity index (χ0v) is 16.5. The molecule has 1 saturated carbocycles. The third-order valence-electron chi connectivity index (χ3n) is 4.46. The molecule has 0 atom stereocenters. The van der Waals surface area contributed by atoms with Gasteiger partial charge in [-0.1, -0.05) is 42.6 Å². The molecule has 0 radical (unpaired) electrons. The van der Waals surface area contributed by atoms with Gasteiger partial charge in [0.05, 0.1) is 16.7 Å². The zero-order chi connectivity index (χ0) is 18.0. The van der Waals surface area contributed by atoms with E-state index in [1.807, 2.05) is 0 Å². The molecule has 0 bridgehead atoms. The van der Waals surface area contributed by atoms with E-state index in [0.29, 0.717) is 26.8 Å². The number of halogens is 1. The standard InChI is InChI=1S/C17H21ClN2O3S2/c1-25(22,23)10-9-24-17-19-15-11-12(18)7-8-14(15)16(21)20(17)13-5-3-2-4-6-13/h7-8,11,13H,2-6,9-10H2,1H3. The lowest BCUT2D eigenvalue weighted by Gasteiger charge is -2.26. The third-order valence-corrected chi connectivity index (χ3v) is 6.85. The average Bonchev–Trinajstić information content (AvgIpc) is 2.54. The number of rotatable bonds is 5. The number of hydrogen-bond donors (Lipinski definition) is 0. The van der Waals surface area contributed by atoms with Crippen molar-refractivity contribution in [3.63, 3.8) is 0 Å². The number of benzene rings is 1. The van der Waals surface area contributed by atoms with Crippen LogP contribution in [0.1, 0.15) is 38.1 Å². The van der Waals surface area contributed by atoms with Crippen LogP contribution in [0.5, 0.6) is 0 Å². The SMILES string of the molecule is CS(=O)(=O)CCSc1nc2cc(Cl)ccc2c(=O)n1C1CCCCC1. The summed E-state index contributed by atoms with van der Waals surface area (Å²) in [4.78, 5) is 17.7. The Kier molecular flexibility index (Phi) is 5.75. The minimum atomic E-state index is -3.05. The van der Waals surface area contributed by atoms with Gasteiger partial charge in [-0.25, -0.2) is 13.4 Å². The van der Waals surface area contributed by atoms with Crippen molar-refractivity contribution in [2.24, 2.45) is 0 Å². The monoisotopic (exact) mass is 400 g/mol. The van der Waals surface area contributed by atoms with Crippen LogP contribution in [0.15, 0.2) is 28.2 Å². The van der Waals surface area contributed by atoms with Crippen LogP contribution >= 0.6 is 23.4 Å². The van der Waals surface area contributed by atoms with Crippen molar-refractivity contribution in [1.29, 1.82) is 0 Å². The third kappa shape index (κ3) is 4.57. The Bertz CT molecular complexity index is 935. The summed E-state index contributed by atoms with van der Waals surface area (Å²) < 4.78 is 24.6. The Hall–Kier alpha value is -1.05. The summed E-state index contributed by atoms with van der Waals surface area (Å²) in [6.07, 6.45) is 6.53. The predicted octanol–water partition coefficient (Wildman–Crippen LogP) is 3.69. The molecule has 1 aliphatic rings. The van der Waals surface area contributed by atoms with Crippen molar-refractivity contribution >= 4 is 44.1 Å². The van der Waals surface area contributed by atoms with Crippen LogP contribution in [0.2, 0.25) is 5.02 Å². The summed E-state index contributed by atoms with van der Waals surface area (Å²) in [5.74, 6) is 0.440. The molecular formula is C17H21ClN2O3S2. The maximum atomic E-state index is 13.1. The van der Waals surface area contributed by atoms with E-state index in [-0.39, 0.29) is 17.4 Å². The summed E-state index contributed by atoms with van der Waals surface area (Å²) in [6, 6.07) is 5.24. The van der Waals surface area contributed by atoms with Crippen LogP contribution in [-0.4, -0.2) is 35.7 Å². The minimum Gasteiger partial charge on any atom is -0.284 e. The first-order valence-electron chi connectivity index (χ1n) is 8.37. The Balaban J connectivity index is 2.05. The van der Waals surface area contributed by atoms with E-state index < -0.39 is 9.84 Å². The van der Waals surface area contributed by atoms with Crippen LogP contribution < -0.4 is 5.56 Å². The second-order valence-corrected chi connectivity index (χ2v) is 10.3. The van der Waals surface area contributed by atoms with Crippen molar-refractivity contribution < 1.29 is 8.42 Å². The Labute approximate surface area is 156 Å². The van der Waals surface area contributed by atoms with Crippen LogP contribution in [0.4, 0.5) is 0 Å². The van der Waals surface area contributed by atoms with Gasteiger partial charge in [0, 0.05) is 23.1 Å². The van der Waals surface area contributed by atoms with E-state index >= 15 is 0 Å². The van der Waals surface area contributed by atoms with Gasteiger partial charge >= 0.3 is 0 Å². The fourth-order valence-corrected chi connectivity index (χ4v) is 5.63. The number of hydrogen-bond acceptors (Lipinski definition) is 5. The molecule has 0 saturated heterocycles. The lowest BCUT2D eigenvalue weighted by Crippen LogP contribution is -2.29. The highest BCUT2D eigenvalue weighted by atomic mass is 35.5. The van der Waals surface area contributed by atoms with E-state index in [1.54, 1.807) is 22.8 Å². The number of aromatic nitrogens is 2. The van der Waals surface area contributed by atoms with Gasteiger partial charge in [-0.3, -0.25) is 9.36 Å². The molecule has 8 heteroatoms. The molecule has 25 heavy (non-hydrogen) atoms. The first kappa shape index (κ1) is 18.7. The molecule has 1 heterocycles. The Morgan fingerprint density at radius 2 is 2.00 bits per heavy atom. The van der Waals surface area contributed by atoms with E-state index in [4.69, 9.17) is 11.6 Å². The summed E-state index contributed by atoms with van der Waals surface area (Å²) in [5, 5.41) is 1.68. The molecule has 0 spiro atoms. The molecule has 1 fully saturated rings. The summed E-state index contributed by atoms with van der Waals surface area (Å²) in [5.41, 5.74) is 0.502. The van der Waals surface area contributed by atoms with Crippen LogP contribution in [0.3, 0.4) is 0 Å². The van der Waals surface area contributed by atoms with E-state index in [1.165, 1.54) is 24.4 Å². The molecule has 2 aromatic rings. The van der Waals surface area contributed by atoms with E-state index in [0.717, 1.165) is 25.7 Å². The molecule has 1 aliphatic carbocycles. The van der Waals surface area contributed by atoms with Crippen molar-refractivity contribution in [2.75, 3.05) is 17.8 Å². The maximum Gasteiger partial charge on any atom is 0.262 e. The summed E-state index contributed by atoms with van der Waals surface area (Å²) >= 11 is 7.37. The molecule has 0 unspecified atom stereocenters. The summed E-state index contributed by atoms with van der Waals surface area (Å²) in [6.45, 7) is 0. The van der Waals surface area contributed by atoms with Gasteiger partial charge in [0.15, 0.2) is 5.16 Å². The molecular weight excluding hydrogens is 380 g/mol. The van der Waals surface area contributed by atoms with Crippen molar-refractivity contribution in [3.05, 3.63) is 33.6 Å². The zero-order valence-electron chi connectivity index (χ0n) is 14.1. The number of nitrogens with zero attached hydrogens (tertiary/aromatic N) is 2. The lowest BCUT2D eigenvalue weighted by atomic mass is 9.95. The van der Waals surface area contributed by atoms with Gasteiger partial charge in [0.25, 0.3) is 5.56 Å². The second kappa shape index (κ2) is 7.68. The van der Waals surface area contributed by atoms with Gasteiger partial charge < -0.3 is 0 Å². The molecule has 0 N–H and O–H groups in total. The van der Waals surface area contributed by atoms with Crippen molar-refractivity contribution in [1.82, 2.24) is 9.55 Å². The van der Waals surface area contributed by atoms with Gasteiger partial charge in [0.1, 0.15) is 9.84 Å². The highest BCUT2D eigenvalue weighted by molar-refractivity contribution is 8.00. The van der Waals surface area contributed by atoms with E-state index in [2.05, 4.69) is 4.98 Å². The topological polar surface area (TPSA) is 69.0 Å². The molecule has 1 aromatic heterocycles. The Morgan fingerprint density at radius 3 is 2.68 bits per heavy atom. The highest BCUT2D eigenvalue weighted by Gasteiger charge is 2.22. The fourth-order valence-electron chi connectivity index (χ4n) is 3.20. The molecule has 3 rings (SSSR count). The predicted molar refractivity (Wildman–Crippen MR) is 104 cm³/mol. The molecule has 136 valence electrons. The van der Waals surface area contributed by atoms with Crippen molar-refractivity contribution in [2.45, 2.75) is 43.3 Å². The average molecular weight is 401 g/mol. The lowest BCUT2D eigenvalue weighted by molar-refractivity contribution is 0.326. The minimum absolute atomic E-state index is 0.0598. The largest absolute Gasteiger partial charge is 0.284 e. The molecule has 1 aromatic carbocycles. The first-order valence-corrected chi connectivity index (χ1v) is 11.8. The summed E-state index contributed by atoms with van der Waals surface area (Å²) in [7, 11) is -3.05. The second-order valence-electron chi connectivity index (χ2n) is 6.50. The fraction of sp³-hybridized carbons (Fsp3) is 0.529. The van der Waals surface area contributed by atoms with Gasteiger partial charge in [0.2, 0.25) is 0 Å². The quantitative estimate of drug-likeness (QED) is 0.565. The number of thioether (sulfide) groups is 1. The Morgan fingerprint density at radius 1 is 1.28 bits per heavy atom. The molecule has 0 aliphatic heterocycles. The number of sulfone groups is 1. The van der Waals surface area contributed by atoms with Crippen LogP contribution in [0, 0.1) is 0 Å². The van der Waals surface area contributed by atoms with Crippen LogP contribution in [0.25, 0.3) is 10.9 Å². The normalized spacial score (nSPS) is 16.4. The smallest absolute Gasteiger partial charge is 0.262 e. The van der Waals surface area contributed by atoms with Crippen molar-refractivity contribution in [3.8, 4) is 0 Å². The molecule has 0 amide bonds. The van der Waals surface area contributed by atoms with Gasteiger partial charge in [-0.2, -0.15) is 0 Å². The van der Waals surface area contributed by atoms with E-state index in [9.17, 15) is 13.2 Å². The van der Waals surface area contributed by atoms with Gasteiger partial charge in [-0.05, 0) is 31.0 Å². The maximum absolute atomic E-state index is 13.1. The highest BCUT2D eigenvalue weighted by Crippen LogP contribution is 2.31. The number of fused-ring (bicyclic) bond motifs is 1. The van der Waals surface area contributed by atoms with Crippen LogP contribution in [-0.2, 0) is 9.84 Å². The first-order chi connectivity index (χ1) is 11.8. The molecule has 5 nitrogen and oxygen atoms in total.